The van der Waals surface area contributed by atoms with Crippen LogP contribution in [0.5, 0.6) is 0 Å². The zero-order valence-corrected chi connectivity index (χ0v) is 15.5. The first-order chi connectivity index (χ1) is 11.1. The van der Waals surface area contributed by atoms with E-state index in [0.29, 0.717) is 0 Å². The molecule has 0 bridgehead atoms. The van der Waals surface area contributed by atoms with Crippen LogP contribution >= 0.6 is 33.9 Å². The lowest BCUT2D eigenvalue weighted by Crippen LogP contribution is -2.14. The molecule has 1 heterocycles. The topological polar surface area (TPSA) is 42.0 Å². The van der Waals surface area contributed by atoms with E-state index in [9.17, 15) is 4.79 Å². The number of hydrogen-bond acceptors (Lipinski definition) is 3. The average molecular weight is 434 g/mol. The molecule has 1 aromatic heterocycles. The van der Waals surface area contributed by atoms with E-state index in [1.807, 2.05) is 60.8 Å². The summed E-state index contributed by atoms with van der Waals surface area (Å²) in [5.74, 6) is -0.0467. The molecule has 0 aliphatic heterocycles. The summed E-state index contributed by atoms with van der Waals surface area (Å²) in [6.07, 6.45) is 0.286. The van der Waals surface area contributed by atoms with Crippen molar-refractivity contribution in [3.8, 4) is 10.6 Å². The third-order valence-corrected chi connectivity index (χ3v) is 5.47. The van der Waals surface area contributed by atoms with Crippen molar-refractivity contribution < 1.29 is 4.79 Å². The summed E-state index contributed by atoms with van der Waals surface area (Å²) < 4.78 is 1.14. The number of aryl methyl sites for hydroxylation is 1. The predicted octanol–water partition coefficient (Wildman–Crippen LogP) is 4.90. The lowest BCUT2D eigenvalue weighted by molar-refractivity contribution is -0.115. The molecule has 0 spiro atoms. The number of thiazole rings is 1. The molecule has 3 nitrogen and oxygen atoms in total. The lowest BCUT2D eigenvalue weighted by Gasteiger charge is -2.06. The van der Waals surface area contributed by atoms with Gasteiger partial charge >= 0.3 is 0 Å². The Bertz CT molecular complexity index is 830. The Morgan fingerprint density at radius 3 is 2.74 bits per heavy atom. The Balaban J connectivity index is 1.66. The first-order valence-electron chi connectivity index (χ1n) is 7.17. The highest BCUT2D eigenvalue weighted by molar-refractivity contribution is 14.1. The largest absolute Gasteiger partial charge is 0.326 e. The Morgan fingerprint density at radius 1 is 1.22 bits per heavy atom. The van der Waals surface area contributed by atoms with Gasteiger partial charge in [-0.25, -0.2) is 4.98 Å². The Labute approximate surface area is 152 Å². The van der Waals surface area contributed by atoms with Gasteiger partial charge in [-0.2, -0.15) is 0 Å². The van der Waals surface area contributed by atoms with Gasteiger partial charge in [-0.15, -0.1) is 11.3 Å². The fourth-order valence-electron chi connectivity index (χ4n) is 2.14. The van der Waals surface area contributed by atoms with Crippen LogP contribution in [0.2, 0.25) is 0 Å². The van der Waals surface area contributed by atoms with Gasteiger partial charge in [0.1, 0.15) is 5.01 Å². The molecule has 5 heteroatoms. The fraction of sp³-hybridized carbons (Fsp3) is 0.111. The van der Waals surface area contributed by atoms with Crippen molar-refractivity contribution in [1.29, 1.82) is 0 Å². The molecule has 3 rings (SSSR count). The zero-order valence-electron chi connectivity index (χ0n) is 12.5. The maximum atomic E-state index is 12.2. The summed E-state index contributed by atoms with van der Waals surface area (Å²) in [6, 6.07) is 15.9. The second kappa shape index (κ2) is 7.23. The second-order valence-corrected chi connectivity index (χ2v) is 7.22. The van der Waals surface area contributed by atoms with Gasteiger partial charge in [0.15, 0.2) is 0 Å². The maximum Gasteiger partial charge on any atom is 0.230 e. The predicted molar refractivity (Wildman–Crippen MR) is 104 cm³/mol. The quantitative estimate of drug-likeness (QED) is 0.594. The van der Waals surface area contributed by atoms with Gasteiger partial charge in [0.05, 0.1) is 12.1 Å². The standard InChI is InChI=1S/C18H15IN2OS/c1-12-7-8-14(9-16(12)19)20-17(22)10-15-11-23-18(21-15)13-5-3-2-4-6-13/h2-9,11H,10H2,1H3,(H,20,22). The van der Waals surface area contributed by atoms with Gasteiger partial charge in [0.2, 0.25) is 5.91 Å². The van der Waals surface area contributed by atoms with Gasteiger partial charge in [-0.05, 0) is 47.2 Å². The number of nitrogens with one attached hydrogen (secondary N) is 1. The van der Waals surface area contributed by atoms with Crippen LogP contribution in [-0.4, -0.2) is 10.9 Å². The van der Waals surface area contributed by atoms with E-state index in [-0.39, 0.29) is 12.3 Å². The summed E-state index contributed by atoms with van der Waals surface area (Å²) in [5.41, 5.74) is 3.91. The molecule has 0 saturated heterocycles. The number of aromatic nitrogens is 1. The number of hydrogen-bond donors (Lipinski definition) is 1. The molecule has 116 valence electrons. The normalized spacial score (nSPS) is 10.5. The summed E-state index contributed by atoms with van der Waals surface area (Å²) in [6.45, 7) is 2.05. The van der Waals surface area contributed by atoms with Crippen LogP contribution in [0.25, 0.3) is 10.6 Å². The van der Waals surface area contributed by atoms with Crippen LogP contribution in [0, 0.1) is 10.5 Å². The first kappa shape index (κ1) is 16.1. The lowest BCUT2D eigenvalue weighted by atomic mass is 10.2. The van der Waals surface area contributed by atoms with Crippen molar-refractivity contribution in [2.75, 3.05) is 5.32 Å². The zero-order chi connectivity index (χ0) is 16.2. The molecule has 0 unspecified atom stereocenters. The number of carbonyl (C=O) groups is 1. The average Bonchev–Trinajstić information content (AvgIpc) is 3.00. The number of halogens is 1. The van der Waals surface area contributed by atoms with E-state index in [1.54, 1.807) is 11.3 Å². The summed E-state index contributed by atoms with van der Waals surface area (Å²) in [4.78, 5) is 16.7. The second-order valence-electron chi connectivity index (χ2n) is 5.20. The molecular weight excluding hydrogens is 419 g/mol. The van der Waals surface area contributed by atoms with Gasteiger partial charge in [-0.1, -0.05) is 36.4 Å². The van der Waals surface area contributed by atoms with Gasteiger partial charge in [0.25, 0.3) is 0 Å². The molecule has 0 fully saturated rings. The summed E-state index contributed by atoms with van der Waals surface area (Å²) >= 11 is 3.83. The van der Waals surface area contributed by atoms with E-state index in [2.05, 4.69) is 32.9 Å². The van der Waals surface area contributed by atoms with E-state index in [0.717, 1.165) is 25.5 Å². The number of nitrogens with zero attached hydrogens (tertiary/aromatic N) is 1. The van der Waals surface area contributed by atoms with Crippen LogP contribution < -0.4 is 5.32 Å². The Morgan fingerprint density at radius 2 is 2.00 bits per heavy atom. The van der Waals surface area contributed by atoms with E-state index >= 15 is 0 Å². The molecular formula is C18H15IN2OS. The molecule has 0 aliphatic carbocycles. The first-order valence-corrected chi connectivity index (χ1v) is 9.13. The number of amides is 1. The molecule has 1 amide bonds. The van der Waals surface area contributed by atoms with Crippen LogP contribution in [0.3, 0.4) is 0 Å². The number of benzene rings is 2. The third-order valence-electron chi connectivity index (χ3n) is 3.37. The third kappa shape index (κ3) is 4.17. The van der Waals surface area contributed by atoms with Crippen molar-refractivity contribution in [1.82, 2.24) is 4.98 Å². The molecule has 0 saturated carbocycles. The van der Waals surface area contributed by atoms with Crippen LogP contribution in [0.15, 0.2) is 53.9 Å². The summed E-state index contributed by atoms with van der Waals surface area (Å²) in [7, 11) is 0. The Kier molecular flexibility index (Phi) is 5.07. The van der Waals surface area contributed by atoms with Crippen LogP contribution in [-0.2, 0) is 11.2 Å². The van der Waals surface area contributed by atoms with Crippen molar-refractivity contribution in [3.63, 3.8) is 0 Å². The molecule has 0 aliphatic rings. The molecule has 0 radical (unpaired) electrons. The van der Waals surface area contributed by atoms with E-state index < -0.39 is 0 Å². The van der Waals surface area contributed by atoms with Gasteiger partial charge in [-0.3, -0.25) is 4.79 Å². The smallest absolute Gasteiger partial charge is 0.230 e. The fourth-order valence-corrected chi connectivity index (χ4v) is 3.48. The molecule has 1 N–H and O–H groups in total. The molecule has 2 aromatic carbocycles. The number of anilines is 1. The molecule has 0 atom stereocenters. The SMILES string of the molecule is Cc1ccc(NC(=O)Cc2csc(-c3ccccc3)n2)cc1I. The van der Waals surface area contributed by atoms with Crippen LogP contribution in [0.1, 0.15) is 11.3 Å². The van der Waals surface area contributed by atoms with Gasteiger partial charge in [0, 0.05) is 20.2 Å². The highest BCUT2D eigenvalue weighted by Gasteiger charge is 2.09. The van der Waals surface area contributed by atoms with E-state index in [4.69, 9.17) is 0 Å². The highest BCUT2D eigenvalue weighted by Crippen LogP contribution is 2.23. The minimum absolute atomic E-state index is 0.0467. The van der Waals surface area contributed by atoms with Gasteiger partial charge < -0.3 is 5.32 Å². The molecule has 23 heavy (non-hydrogen) atoms. The minimum Gasteiger partial charge on any atom is -0.326 e. The maximum absolute atomic E-state index is 12.2. The number of carbonyl (C=O) groups excluding carboxylic acids is 1. The van der Waals surface area contributed by atoms with Crippen molar-refractivity contribution >= 4 is 45.5 Å². The minimum atomic E-state index is -0.0467. The summed E-state index contributed by atoms with van der Waals surface area (Å²) in [5, 5.41) is 5.82. The van der Waals surface area contributed by atoms with Crippen molar-refractivity contribution in [2.45, 2.75) is 13.3 Å². The van der Waals surface area contributed by atoms with Crippen molar-refractivity contribution in [3.05, 3.63) is 68.7 Å². The Hall–Kier alpha value is -1.73. The van der Waals surface area contributed by atoms with Crippen LogP contribution in [0.4, 0.5) is 5.69 Å². The monoisotopic (exact) mass is 434 g/mol. The highest BCUT2D eigenvalue weighted by atomic mass is 127. The van der Waals surface area contributed by atoms with Crippen molar-refractivity contribution in [2.24, 2.45) is 0 Å². The molecule has 3 aromatic rings. The number of rotatable bonds is 4. The van der Waals surface area contributed by atoms with E-state index in [1.165, 1.54) is 5.56 Å².